The number of aliphatic carboxylic acids is 1. The van der Waals surface area contributed by atoms with Crippen molar-refractivity contribution >= 4 is 16.0 Å². The molecule has 0 amide bonds. The third-order valence-corrected chi connectivity index (χ3v) is 4.88. The Morgan fingerprint density at radius 2 is 2.05 bits per heavy atom. The van der Waals surface area contributed by atoms with Crippen LogP contribution in [-0.4, -0.2) is 36.9 Å². The summed E-state index contributed by atoms with van der Waals surface area (Å²) in [4.78, 5) is 10.7. The normalized spacial score (nSPS) is 13.0. The Labute approximate surface area is 111 Å². The molecule has 6 nitrogen and oxygen atoms in total. The molecule has 0 spiro atoms. The number of carboxylic acid groups (broad SMARTS) is 1. The third-order valence-electron chi connectivity index (χ3n) is 2.91. The maximum Gasteiger partial charge on any atom is 0.321 e. The zero-order valence-electron chi connectivity index (χ0n) is 10.8. The van der Waals surface area contributed by atoms with E-state index in [0.717, 1.165) is 4.31 Å². The number of benzene rings is 1. The standard InChI is InChI=1S/C12H14N2O4S/c1-8-5-4-6-11(10(8)7-13)19(17,18)14(3)9(2)12(15)16/h4-6,9H,1-3H3,(H,15,16). The number of sulfonamides is 1. The summed E-state index contributed by atoms with van der Waals surface area (Å²) >= 11 is 0. The summed E-state index contributed by atoms with van der Waals surface area (Å²) in [5.74, 6) is -1.25. The maximum absolute atomic E-state index is 12.3. The van der Waals surface area contributed by atoms with Gasteiger partial charge < -0.3 is 5.11 Å². The largest absolute Gasteiger partial charge is 0.480 e. The minimum atomic E-state index is -4.02. The van der Waals surface area contributed by atoms with Crippen LogP contribution in [0.25, 0.3) is 0 Å². The van der Waals surface area contributed by atoms with Crippen molar-refractivity contribution in [3.8, 4) is 6.07 Å². The van der Waals surface area contributed by atoms with Crippen LogP contribution in [0.15, 0.2) is 23.1 Å². The van der Waals surface area contributed by atoms with Crippen molar-refractivity contribution < 1.29 is 18.3 Å². The summed E-state index contributed by atoms with van der Waals surface area (Å²) in [5.41, 5.74) is 0.562. The van der Waals surface area contributed by atoms with E-state index < -0.39 is 22.0 Å². The molecule has 0 aromatic heterocycles. The highest BCUT2D eigenvalue weighted by Gasteiger charge is 2.31. The second-order valence-electron chi connectivity index (χ2n) is 4.10. The van der Waals surface area contributed by atoms with Crippen molar-refractivity contribution in [1.82, 2.24) is 4.31 Å². The molecule has 7 heteroatoms. The van der Waals surface area contributed by atoms with Gasteiger partial charge in [-0.3, -0.25) is 4.79 Å². The number of hydrogen-bond acceptors (Lipinski definition) is 4. The Morgan fingerprint density at radius 1 is 1.47 bits per heavy atom. The zero-order valence-corrected chi connectivity index (χ0v) is 11.6. The van der Waals surface area contributed by atoms with E-state index in [2.05, 4.69) is 0 Å². The molecular weight excluding hydrogens is 268 g/mol. The van der Waals surface area contributed by atoms with Crippen LogP contribution in [0, 0.1) is 18.3 Å². The van der Waals surface area contributed by atoms with Crippen LogP contribution in [0.5, 0.6) is 0 Å². The number of rotatable bonds is 4. The molecule has 0 aliphatic heterocycles. The van der Waals surface area contributed by atoms with Gasteiger partial charge in [-0.25, -0.2) is 8.42 Å². The van der Waals surface area contributed by atoms with Crippen molar-refractivity contribution in [3.63, 3.8) is 0 Å². The average Bonchev–Trinajstić information content (AvgIpc) is 2.36. The fraction of sp³-hybridized carbons (Fsp3) is 0.333. The molecule has 1 unspecified atom stereocenters. The van der Waals surface area contributed by atoms with Gasteiger partial charge in [0.05, 0.1) is 5.56 Å². The number of carbonyl (C=O) groups is 1. The van der Waals surface area contributed by atoms with E-state index in [1.54, 1.807) is 13.0 Å². The van der Waals surface area contributed by atoms with Crippen LogP contribution < -0.4 is 0 Å². The molecule has 1 rings (SSSR count). The third kappa shape index (κ3) is 2.75. The van der Waals surface area contributed by atoms with Gasteiger partial charge in [0, 0.05) is 7.05 Å². The first-order chi connectivity index (χ1) is 8.73. The quantitative estimate of drug-likeness (QED) is 0.886. The second-order valence-corrected chi connectivity index (χ2v) is 6.06. The lowest BCUT2D eigenvalue weighted by molar-refractivity contribution is -0.140. The first-order valence-electron chi connectivity index (χ1n) is 5.44. The molecule has 0 saturated heterocycles. The van der Waals surface area contributed by atoms with Crippen molar-refractivity contribution in [2.45, 2.75) is 24.8 Å². The van der Waals surface area contributed by atoms with E-state index in [1.165, 1.54) is 26.1 Å². The lowest BCUT2D eigenvalue weighted by atomic mass is 10.1. The van der Waals surface area contributed by atoms with Gasteiger partial charge in [0.1, 0.15) is 17.0 Å². The van der Waals surface area contributed by atoms with Gasteiger partial charge in [-0.15, -0.1) is 0 Å². The van der Waals surface area contributed by atoms with Gasteiger partial charge in [0.2, 0.25) is 10.0 Å². The van der Waals surface area contributed by atoms with Crippen LogP contribution in [0.2, 0.25) is 0 Å². The average molecular weight is 282 g/mol. The van der Waals surface area contributed by atoms with Crippen molar-refractivity contribution in [1.29, 1.82) is 5.26 Å². The molecular formula is C12H14N2O4S. The molecule has 0 fully saturated rings. The summed E-state index contributed by atoms with van der Waals surface area (Å²) in [5, 5.41) is 17.9. The lowest BCUT2D eigenvalue weighted by Crippen LogP contribution is -2.40. The molecule has 0 aliphatic rings. The highest BCUT2D eigenvalue weighted by atomic mass is 32.2. The molecule has 0 heterocycles. The van der Waals surface area contributed by atoms with E-state index in [-0.39, 0.29) is 10.5 Å². The van der Waals surface area contributed by atoms with Gasteiger partial charge in [-0.1, -0.05) is 12.1 Å². The van der Waals surface area contributed by atoms with Crippen LogP contribution in [0.4, 0.5) is 0 Å². The topological polar surface area (TPSA) is 98.5 Å². The predicted molar refractivity (Wildman–Crippen MR) is 67.9 cm³/mol. The summed E-state index contributed by atoms with van der Waals surface area (Å²) in [7, 11) is -2.84. The Hall–Kier alpha value is -1.91. The minimum absolute atomic E-state index is 0.0342. The van der Waals surface area contributed by atoms with Crippen LogP contribution in [0.1, 0.15) is 18.1 Å². The van der Waals surface area contributed by atoms with Gasteiger partial charge in [0.15, 0.2) is 0 Å². The number of aryl methyl sites for hydroxylation is 1. The lowest BCUT2D eigenvalue weighted by Gasteiger charge is -2.21. The Morgan fingerprint density at radius 3 is 2.53 bits per heavy atom. The minimum Gasteiger partial charge on any atom is -0.480 e. The van der Waals surface area contributed by atoms with E-state index in [0.29, 0.717) is 5.56 Å². The number of likely N-dealkylation sites (N-methyl/N-ethyl adjacent to an activating group) is 1. The number of nitriles is 1. The van der Waals surface area contributed by atoms with E-state index in [9.17, 15) is 13.2 Å². The number of hydrogen-bond donors (Lipinski definition) is 1. The van der Waals surface area contributed by atoms with Crippen LogP contribution in [0.3, 0.4) is 0 Å². The van der Waals surface area contributed by atoms with Crippen molar-refractivity contribution in [3.05, 3.63) is 29.3 Å². The Balaban J connectivity index is 3.41. The molecule has 1 aromatic rings. The fourth-order valence-corrected chi connectivity index (χ4v) is 3.05. The Kier molecular flexibility index (Phi) is 4.29. The Bertz CT molecular complexity index is 646. The van der Waals surface area contributed by atoms with E-state index in [1.807, 2.05) is 6.07 Å². The van der Waals surface area contributed by atoms with Gasteiger partial charge in [-0.05, 0) is 25.5 Å². The van der Waals surface area contributed by atoms with Crippen LogP contribution >= 0.6 is 0 Å². The first-order valence-corrected chi connectivity index (χ1v) is 6.88. The fourth-order valence-electron chi connectivity index (χ4n) is 1.52. The van der Waals surface area contributed by atoms with Crippen LogP contribution in [-0.2, 0) is 14.8 Å². The molecule has 1 aromatic carbocycles. The molecule has 0 bridgehead atoms. The van der Waals surface area contributed by atoms with Crippen molar-refractivity contribution in [2.75, 3.05) is 7.05 Å². The SMILES string of the molecule is Cc1cccc(S(=O)(=O)N(C)C(C)C(=O)O)c1C#N. The highest BCUT2D eigenvalue weighted by molar-refractivity contribution is 7.89. The highest BCUT2D eigenvalue weighted by Crippen LogP contribution is 2.22. The van der Waals surface area contributed by atoms with E-state index in [4.69, 9.17) is 10.4 Å². The molecule has 102 valence electrons. The van der Waals surface area contributed by atoms with E-state index >= 15 is 0 Å². The molecule has 0 radical (unpaired) electrons. The zero-order chi connectivity index (χ0) is 14.8. The molecule has 0 aliphatic carbocycles. The predicted octanol–water partition coefficient (Wildman–Crippen LogP) is 0.960. The maximum atomic E-state index is 12.3. The molecule has 1 atom stereocenters. The smallest absolute Gasteiger partial charge is 0.321 e. The molecule has 19 heavy (non-hydrogen) atoms. The first kappa shape index (κ1) is 15.1. The summed E-state index contributed by atoms with van der Waals surface area (Å²) in [6, 6.07) is 5.07. The van der Waals surface area contributed by atoms with Gasteiger partial charge in [0.25, 0.3) is 0 Å². The van der Waals surface area contributed by atoms with Gasteiger partial charge in [-0.2, -0.15) is 9.57 Å². The second kappa shape index (κ2) is 5.38. The molecule has 0 saturated carbocycles. The summed E-state index contributed by atoms with van der Waals surface area (Å²) in [6.07, 6.45) is 0. The summed E-state index contributed by atoms with van der Waals surface area (Å²) in [6.45, 7) is 2.89. The molecule has 1 N–H and O–H groups in total. The number of nitrogens with zero attached hydrogens (tertiary/aromatic N) is 2. The summed E-state index contributed by atoms with van der Waals surface area (Å²) < 4.78 is 25.4. The van der Waals surface area contributed by atoms with Crippen molar-refractivity contribution in [2.24, 2.45) is 0 Å². The van der Waals surface area contributed by atoms with Gasteiger partial charge >= 0.3 is 5.97 Å². The monoisotopic (exact) mass is 282 g/mol. The number of carboxylic acids is 1.